The molecule has 1 saturated heterocycles. The first kappa shape index (κ1) is 24.5. The number of carbonyl (C=O) groups is 3. The van der Waals surface area contributed by atoms with Crippen LogP contribution in [-0.2, 0) is 33.8 Å². The zero-order valence-electron chi connectivity index (χ0n) is 20.3. The molecule has 1 aromatic rings. The molecule has 8 heteroatoms. The fourth-order valence-electron chi connectivity index (χ4n) is 5.45. The van der Waals surface area contributed by atoms with Crippen LogP contribution < -0.4 is 5.32 Å². The molecule has 3 atom stereocenters. The van der Waals surface area contributed by atoms with Gasteiger partial charge in [0.1, 0.15) is 12.1 Å². The molecule has 8 nitrogen and oxygen atoms in total. The number of carboxylic acid groups (broad SMARTS) is 1. The van der Waals surface area contributed by atoms with Crippen molar-refractivity contribution in [2.45, 2.75) is 90.1 Å². The molecule has 0 spiro atoms. The molecule has 0 aliphatic carbocycles. The topological polar surface area (TPSA) is 99.2 Å². The first-order valence-electron chi connectivity index (χ1n) is 12.7. The van der Waals surface area contributed by atoms with Crippen LogP contribution in [0.3, 0.4) is 0 Å². The monoisotopic (exact) mass is 471 g/mol. The molecule has 3 aliphatic heterocycles. The Kier molecular flexibility index (Phi) is 7.76. The van der Waals surface area contributed by atoms with Gasteiger partial charge in [-0.05, 0) is 48.4 Å². The predicted molar refractivity (Wildman–Crippen MR) is 127 cm³/mol. The Hall–Kier alpha value is -2.61. The molecular weight excluding hydrogens is 434 g/mol. The van der Waals surface area contributed by atoms with Crippen LogP contribution in [0.4, 0.5) is 4.79 Å². The molecule has 0 aromatic heterocycles. The summed E-state index contributed by atoms with van der Waals surface area (Å²) in [5.41, 5.74) is 3.67. The number of rotatable bonds is 2. The lowest BCUT2D eigenvalue weighted by Crippen LogP contribution is -2.52. The van der Waals surface area contributed by atoms with E-state index in [1.165, 1.54) is 16.0 Å². The Balaban J connectivity index is 1.54. The number of aliphatic carboxylic acids is 1. The Morgan fingerprint density at radius 2 is 1.82 bits per heavy atom. The van der Waals surface area contributed by atoms with Crippen molar-refractivity contribution in [1.82, 2.24) is 15.1 Å². The molecule has 34 heavy (non-hydrogen) atoms. The summed E-state index contributed by atoms with van der Waals surface area (Å²) in [7, 11) is 0. The van der Waals surface area contributed by atoms with Crippen molar-refractivity contribution in [1.29, 1.82) is 0 Å². The summed E-state index contributed by atoms with van der Waals surface area (Å²) < 4.78 is 5.75. The number of hydrogen-bond acceptors (Lipinski definition) is 5. The number of hydrogen-bond donors (Lipinski definition) is 2. The van der Waals surface area contributed by atoms with Crippen molar-refractivity contribution in [2.75, 3.05) is 13.1 Å². The van der Waals surface area contributed by atoms with Crippen LogP contribution in [0.5, 0.6) is 0 Å². The van der Waals surface area contributed by atoms with Crippen LogP contribution in [0.2, 0.25) is 0 Å². The second-order valence-electron chi connectivity index (χ2n) is 10.2. The van der Waals surface area contributed by atoms with Gasteiger partial charge in [0.15, 0.2) is 0 Å². The second kappa shape index (κ2) is 10.8. The van der Waals surface area contributed by atoms with Gasteiger partial charge in [0, 0.05) is 19.5 Å². The van der Waals surface area contributed by atoms with Crippen LogP contribution >= 0.6 is 0 Å². The van der Waals surface area contributed by atoms with Crippen molar-refractivity contribution in [3.63, 3.8) is 0 Å². The molecule has 4 bridgehead atoms. The summed E-state index contributed by atoms with van der Waals surface area (Å²) in [4.78, 5) is 41.4. The number of amides is 2. The number of carbonyl (C=O) groups excluding carboxylic acids is 2. The molecule has 2 N–H and O–H groups in total. The van der Waals surface area contributed by atoms with E-state index in [2.05, 4.69) is 23.5 Å². The van der Waals surface area contributed by atoms with E-state index in [1.54, 1.807) is 4.90 Å². The third-order valence-corrected chi connectivity index (χ3v) is 7.36. The van der Waals surface area contributed by atoms with E-state index < -0.39 is 30.3 Å². The zero-order chi connectivity index (χ0) is 24.2. The average Bonchev–Trinajstić information content (AvgIpc) is 3.42. The minimum absolute atomic E-state index is 0.0222. The molecule has 1 aromatic carbocycles. The Labute approximate surface area is 201 Å². The number of nitrogens with zero attached hydrogens (tertiary/aromatic N) is 2. The van der Waals surface area contributed by atoms with Gasteiger partial charge in [-0.15, -0.1) is 0 Å². The molecule has 0 radical (unpaired) electrons. The fourth-order valence-corrected chi connectivity index (χ4v) is 5.45. The maximum absolute atomic E-state index is 13.4. The van der Waals surface area contributed by atoms with Crippen molar-refractivity contribution >= 4 is 18.0 Å². The third kappa shape index (κ3) is 5.37. The Morgan fingerprint density at radius 3 is 2.59 bits per heavy atom. The minimum Gasteiger partial charge on any atom is -0.480 e. The van der Waals surface area contributed by atoms with Gasteiger partial charge < -0.3 is 20.1 Å². The number of benzene rings is 1. The van der Waals surface area contributed by atoms with Crippen molar-refractivity contribution in [3.8, 4) is 0 Å². The number of fused-ring (bicyclic) bond motifs is 3. The first-order valence-corrected chi connectivity index (χ1v) is 12.7. The predicted octanol–water partition coefficient (Wildman–Crippen LogP) is 3.31. The lowest BCUT2D eigenvalue weighted by atomic mass is 9.98. The van der Waals surface area contributed by atoms with Gasteiger partial charge in [0.2, 0.25) is 5.91 Å². The number of aryl methyl sites for hydroxylation is 1. The molecule has 2 amide bonds. The van der Waals surface area contributed by atoms with Gasteiger partial charge in [0.05, 0.1) is 12.6 Å². The molecule has 4 rings (SSSR count). The van der Waals surface area contributed by atoms with Crippen LogP contribution in [0.15, 0.2) is 18.2 Å². The smallest absolute Gasteiger partial charge is 0.410 e. The lowest BCUT2D eigenvalue weighted by Gasteiger charge is -2.29. The van der Waals surface area contributed by atoms with Crippen LogP contribution in [0.1, 0.15) is 69.1 Å². The van der Waals surface area contributed by atoms with E-state index >= 15 is 0 Å². The van der Waals surface area contributed by atoms with E-state index in [0.29, 0.717) is 13.1 Å². The van der Waals surface area contributed by atoms with Crippen molar-refractivity contribution < 1.29 is 24.2 Å². The standard InChI is InChI=1S/C26H37N3O5/c1-17(2)23-24(30)29-15-20(13-22(29)25(31)32)34-26(33)28-14-19-11-8-10-18(21(19)16-28)9-6-4-3-5-7-12-27-23/h8,10-11,17,20,22-23,27H,3-7,9,12-16H2,1-2H3,(H,31,32)/t20-,22+,23+/m1/s1. The highest BCUT2D eigenvalue weighted by atomic mass is 16.6. The summed E-state index contributed by atoms with van der Waals surface area (Å²) in [5, 5.41) is 13.1. The number of nitrogens with one attached hydrogen (secondary N) is 1. The van der Waals surface area contributed by atoms with E-state index in [-0.39, 0.29) is 24.8 Å². The van der Waals surface area contributed by atoms with Crippen LogP contribution in [-0.4, -0.2) is 64.2 Å². The molecule has 1 fully saturated rings. The van der Waals surface area contributed by atoms with E-state index in [0.717, 1.165) is 50.6 Å². The van der Waals surface area contributed by atoms with Crippen molar-refractivity contribution in [2.24, 2.45) is 5.92 Å². The van der Waals surface area contributed by atoms with Gasteiger partial charge in [-0.2, -0.15) is 0 Å². The van der Waals surface area contributed by atoms with Gasteiger partial charge >= 0.3 is 12.1 Å². The molecule has 3 heterocycles. The maximum atomic E-state index is 13.4. The van der Waals surface area contributed by atoms with Gasteiger partial charge in [0.25, 0.3) is 0 Å². The SMILES string of the molecule is CC(C)[C@@H]1NCCCCCCCc2cccc3c2CN(C3)C(=O)O[C@@H]2C[C@@H](C(=O)O)N(C2)C1=O. The van der Waals surface area contributed by atoms with Gasteiger partial charge in [-0.1, -0.05) is 51.3 Å². The van der Waals surface area contributed by atoms with E-state index in [9.17, 15) is 19.5 Å². The second-order valence-corrected chi connectivity index (χ2v) is 10.2. The van der Waals surface area contributed by atoms with Crippen molar-refractivity contribution in [3.05, 3.63) is 34.9 Å². The van der Waals surface area contributed by atoms with Gasteiger partial charge in [-0.3, -0.25) is 9.69 Å². The maximum Gasteiger partial charge on any atom is 0.410 e. The van der Waals surface area contributed by atoms with E-state index in [1.807, 2.05) is 13.8 Å². The third-order valence-electron chi connectivity index (χ3n) is 7.36. The summed E-state index contributed by atoms with van der Waals surface area (Å²) in [6.07, 6.45) is 5.54. The lowest BCUT2D eigenvalue weighted by molar-refractivity contribution is -0.149. The van der Waals surface area contributed by atoms with Gasteiger partial charge in [-0.25, -0.2) is 9.59 Å². The Morgan fingerprint density at radius 1 is 1.09 bits per heavy atom. The quantitative estimate of drug-likeness (QED) is 0.687. The highest BCUT2D eigenvalue weighted by molar-refractivity contribution is 5.88. The molecule has 0 saturated carbocycles. The van der Waals surface area contributed by atoms with Crippen LogP contribution in [0, 0.1) is 5.92 Å². The number of carboxylic acids is 1. The zero-order valence-corrected chi connectivity index (χ0v) is 20.3. The van der Waals surface area contributed by atoms with E-state index in [4.69, 9.17) is 4.74 Å². The highest BCUT2D eigenvalue weighted by Crippen LogP contribution is 2.29. The Bertz CT molecular complexity index is 918. The molecule has 0 unspecified atom stereocenters. The highest BCUT2D eigenvalue weighted by Gasteiger charge is 2.44. The minimum atomic E-state index is -1.06. The molecular formula is C26H37N3O5. The van der Waals surface area contributed by atoms with Crippen LogP contribution in [0.25, 0.3) is 0 Å². The number of ether oxygens (including phenoxy) is 1. The fraction of sp³-hybridized carbons (Fsp3) is 0.654. The summed E-state index contributed by atoms with van der Waals surface area (Å²) in [6.45, 7) is 5.78. The molecule has 186 valence electrons. The normalized spacial score (nSPS) is 26.7. The first-order chi connectivity index (χ1) is 16.3. The largest absolute Gasteiger partial charge is 0.480 e. The summed E-state index contributed by atoms with van der Waals surface area (Å²) in [6, 6.07) is 4.84. The average molecular weight is 472 g/mol. The molecule has 3 aliphatic rings. The summed E-state index contributed by atoms with van der Waals surface area (Å²) >= 11 is 0. The summed E-state index contributed by atoms with van der Waals surface area (Å²) in [5.74, 6) is -1.26.